The zero-order valence-electron chi connectivity index (χ0n) is 12.5. The second-order valence-corrected chi connectivity index (χ2v) is 6.52. The zero-order chi connectivity index (χ0) is 15.7. The van der Waals surface area contributed by atoms with Gasteiger partial charge in [-0.1, -0.05) is 6.92 Å². The molecule has 0 aromatic carbocycles. The molecule has 0 atom stereocenters. The van der Waals surface area contributed by atoms with Gasteiger partial charge in [0.05, 0.1) is 11.4 Å². The average Bonchev–Trinajstić information content (AvgIpc) is 2.99. The standard InChI is InChI=1S/C15H19N3O3S/c1-2-6-18-13(19)12-11(5-9-22-12)16-15(18)17-7-3-10(4-8-17)14(20)21/h5,9-10H,2-4,6-8H2,1H3,(H,20,21). The lowest BCUT2D eigenvalue weighted by Crippen LogP contribution is -2.40. The molecule has 1 fully saturated rings. The molecule has 6 nitrogen and oxygen atoms in total. The number of aromatic nitrogens is 2. The molecule has 118 valence electrons. The minimum atomic E-state index is -0.730. The Balaban J connectivity index is 1.97. The van der Waals surface area contributed by atoms with Gasteiger partial charge < -0.3 is 10.0 Å². The van der Waals surface area contributed by atoms with Crippen LogP contribution < -0.4 is 10.5 Å². The Bertz CT molecular complexity index is 744. The van der Waals surface area contributed by atoms with Crippen molar-refractivity contribution in [2.75, 3.05) is 18.0 Å². The van der Waals surface area contributed by atoms with E-state index in [-0.39, 0.29) is 11.5 Å². The first-order chi connectivity index (χ1) is 10.6. The maximum atomic E-state index is 12.6. The Kier molecular flexibility index (Phi) is 4.15. The number of piperidine rings is 1. The molecule has 0 spiro atoms. The highest BCUT2D eigenvalue weighted by Gasteiger charge is 2.27. The van der Waals surface area contributed by atoms with E-state index in [2.05, 4.69) is 4.98 Å². The van der Waals surface area contributed by atoms with Crippen LogP contribution in [0.2, 0.25) is 0 Å². The van der Waals surface area contributed by atoms with Gasteiger partial charge in [0.1, 0.15) is 4.70 Å². The van der Waals surface area contributed by atoms with E-state index >= 15 is 0 Å². The van der Waals surface area contributed by atoms with Crippen molar-refractivity contribution in [2.24, 2.45) is 5.92 Å². The number of carbonyl (C=O) groups is 1. The van der Waals surface area contributed by atoms with Gasteiger partial charge in [-0.2, -0.15) is 0 Å². The van der Waals surface area contributed by atoms with Crippen LogP contribution in [0.25, 0.3) is 10.2 Å². The molecule has 1 aliphatic rings. The van der Waals surface area contributed by atoms with Gasteiger partial charge in [0.2, 0.25) is 5.95 Å². The van der Waals surface area contributed by atoms with E-state index in [0.29, 0.717) is 43.1 Å². The lowest BCUT2D eigenvalue weighted by Gasteiger charge is -2.32. The van der Waals surface area contributed by atoms with Crippen molar-refractivity contribution in [1.82, 2.24) is 9.55 Å². The molecular formula is C15H19N3O3S. The summed E-state index contributed by atoms with van der Waals surface area (Å²) in [4.78, 5) is 30.4. The largest absolute Gasteiger partial charge is 0.481 e. The van der Waals surface area contributed by atoms with Gasteiger partial charge in [0.15, 0.2) is 0 Å². The van der Waals surface area contributed by atoms with Gasteiger partial charge >= 0.3 is 5.97 Å². The summed E-state index contributed by atoms with van der Waals surface area (Å²) < 4.78 is 2.43. The molecule has 0 bridgehead atoms. The molecule has 22 heavy (non-hydrogen) atoms. The van der Waals surface area contributed by atoms with Crippen molar-refractivity contribution in [2.45, 2.75) is 32.7 Å². The van der Waals surface area contributed by atoms with E-state index in [1.807, 2.05) is 23.3 Å². The SMILES string of the molecule is CCCn1c(N2CCC(C(=O)O)CC2)nc2ccsc2c1=O. The third kappa shape index (κ3) is 2.61. The van der Waals surface area contributed by atoms with E-state index in [4.69, 9.17) is 5.11 Å². The quantitative estimate of drug-likeness (QED) is 0.934. The van der Waals surface area contributed by atoms with Gasteiger partial charge in [-0.15, -0.1) is 11.3 Å². The van der Waals surface area contributed by atoms with Gasteiger partial charge in [-0.25, -0.2) is 4.98 Å². The number of hydrogen-bond acceptors (Lipinski definition) is 5. The highest BCUT2D eigenvalue weighted by atomic mass is 32.1. The Labute approximate surface area is 132 Å². The Morgan fingerprint density at radius 3 is 2.82 bits per heavy atom. The molecule has 0 aliphatic carbocycles. The number of rotatable bonds is 4. The van der Waals surface area contributed by atoms with Crippen LogP contribution >= 0.6 is 11.3 Å². The fourth-order valence-corrected chi connectivity index (χ4v) is 3.70. The van der Waals surface area contributed by atoms with Crippen LogP contribution in [-0.4, -0.2) is 33.7 Å². The maximum absolute atomic E-state index is 12.6. The number of hydrogen-bond donors (Lipinski definition) is 1. The van der Waals surface area contributed by atoms with E-state index in [1.165, 1.54) is 11.3 Å². The number of carboxylic acids is 1. The molecule has 0 unspecified atom stereocenters. The molecular weight excluding hydrogens is 302 g/mol. The Hall–Kier alpha value is -1.89. The zero-order valence-corrected chi connectivity index (χ0v) is 13.3. The monoisotopic (exact) mass is 321 g/mol. The predicted molar refractivity (Wildman–Crippen MR) is 86.7 cm³/mol. The number of aliphatic carboxylic acids is 1. The summed E-state index contributed by atoms with van der Waals surface area (Å²) >= 11 is 1.42. The maximum Gasteiger partial charge on any atom is 0.306 e. The van der Waals surface area contributed by atoms with E-state index in [9.17, 15) is 9.59 Å². The van der Waals surface area contributed by atoms with E-state index in [1.54, 1.807) is 4.57 Å². The van der Waals surface area contributed by atoms with Gasteiger partial charge in [0.25, 0.3) is 5.56 Å². The first-order valence-electron chi connectivity index (χ1n) is 7.57. The topological polar surface area (TPSA) is 75.4 Å². The summed E-state index contributed by atoms with van der Waals surface area (Å²) in [6.45, 7) is 3.92. The number of anilines is 1. The lowest BCUT2D eigenvalue weighted by molar-refractivity contribution is -0.142. The molecule has 3 rings (SSSR count). The van der Waals surface area contributed by atoms with Crippen molar-refractivity contribution in [1.29, 1.82) is 0 Å². The molecule has 0 saturated carbocycles. The predicted octanol–water partition coefficient (Wildman–Crippen LogP) is 2.17. The molecule has 2 aromatic heterocycles. The molecule has 7 heteroatoms. The fraction of sp³-hybridized carbons (Fsp3) is 0.533. The summed E-state index contributed by atoms with van der Waals surface area (Å²) in [6.07, 6.45) is 2.05. The minimum absolute atomic E-state index is 0.0113. The second-order valence-electron chi connectivity index (χ2n) is 5.60. The van der Waals surface area contributed by atoms with Crippen LogP contribution in [0.15, 0.2) is 16.2 Å². The number of thiophene rings is 1. The fourth-order valence-electron chi connectivity index (χ4n) is 2.93. The molecule has 1 N–H and O–H groups in total. The first kappa shape index (κ1) is 15.0. The average molecular weight is 321 g/mol. The van der Waals surface area contributed by atoms with Gasteiger partial charge in [-0.3, -0.25) is 14.2 Å². The molecule has 1 saturated heterocycles. The number of fused-ring (bicyclic) bond motifs is 1. The summed E-state index contributed by atoms with van der Waals surface area (Å²) in [5, 5.41) is 11.0. The molecule has 0 amide bonds. The van der Waals surface area contributed by atoms with Crippen LogP contribution in [0.1, 0.15) is 26.2 Å². The third-order valence-corrected chi connectivity index (χ3v) is 5.01. The number of nitrogens with zero attached hydrogens (tertiary/aromatic N) is 3. The van der Waals surface area contributed by atoms with Crippen molar-refractivity contribution < 1.29 is 9.90 Å². The van der Waals surface area contributed by atoms with Crippen LogP contribution in [0, 0.1) is 5.92 Å². The minimum Gasteiger partial charge on any atom is -0.481 e. The van der Waals surface area contributed by atoms with Gasteiger partial charge in [0, 0.05) is 19.6 Å². The Morgan fingerprint density at radius 2 is 2.18 bits per heavy atom. The summed E-state index contributed by atoms with van der Waals surface area (Å²) in [6, 6.07) is 1.87. The van der Waals surface area contributed by atoms with Gasteiger partial charge in [-0.05, 0) is 30.7 Å². The summed E-state index contributed by atoms with van der Waals surface area (Å²) in [5.41, 5.74) is 0.745. The Morgan fingerprint density at radius 1 is 1.45 bits per heavy atom. The van der Waals surface area contributed by atoms with Crippen LogP contribution in [-0.2, 0) is 11.3 Å². The van der Waals surface area contributed by atoms with Crippen molar-refractivity contribution >= 4 is 33.5 Å². The highest BCUT2D eigenvalue weighted by Crippen LogP contribution is 2.24. The third-order valence-electron chi connectivity index (χ3n) is 4.12. The second kappa shape index (κ2) is 6.08. The van der Waals surface area contributed by atoms with E-state index in [0.717, 1.165) is 11.9 Å². The molecule has 3 heterocycles. The summed E-state index contributed by atoms with van der Waals surface area (Å²) in [7, 11) is 0. The van der Waals surface area contributed by atoms with Crippen LogP contribution in [0.4, 0.5) is 5.95 Å². The normalized spacial score (nSPS) is 16.3. The number of carboxylic acid groups (broad SMARTS) is 1. The smallest absolute Gasteiger partial charge is 0.306 e. The van der Waals surface area contributed by atoms with E-state index < -0.39 is 5.97 Å². The van der Waals surface area contributed by atoms with Crippen LogP contribution in [0.3, 0.4) is 0 Å². The van der Waals surface area contributed by atoms with Crippen molar-refractivity contribution in [3.63, 3.8) is 0 Å². The first-order valence-corrected chi connectivity index (χ1v) is 8.45. The molecule has 0 radical (unpaired) electrons. The molecule has 1 aliphatic heterocycles. The van der Waals surface area contributed by atoms with Crippen LogP contribution in [0.5, 0.6) is 0 Å². The summed E-state index contributed by atoms with van der Waals surface area (Å²) in [5.74, 6) is -0.332. The molecule has 2 aromatic rings. The lowest BCUT2D eigenvalue weighted by atomic mass is 9.97. The highest BCUT2D eigenvalue weighted by molar-refractivity contribution is 7.17. The van der Waals surface area contributed by atoms with Crippen molar-refractivity contribution in [3.05, 3.63) is 21.8 Å². The van der Waals surface area contributed by atoms with Crippen molar-refractivity contribution in [3.8, 4) is 0 Å².